The summed E-state index contributed by atoms with van der Waals surface area (Å²) >= 11 is 1.96. The molecule has 1 rings (SSSR count). The van der Waals surface area contributed by atoms with Gasteiger partial charge in [-0.05, 0) is 37.3 Å². The molecule has 0 fully saturated rings. The number of thioether (sulfide) groups is 1. The molecule has 0 bridgehead atoms. The van der Waals surface area contributed by atoms with Crippen molar-refractivity contribution in [2.45, 2.75) is 38.1 Å². The molecule has 0 aliphatic heterocycles. The summed E-state index contributed by atoms with van der Waals surface area (Å²) in [5.41, 5.74) is 1.43. The van der Waals surface area contributed by atoms with Gasteiger partial charge in [0.25, 0.3) is 0 Å². The van der Waals surface area contributed by atoms with Crippen molar-refractivity contribution in [3.8, 4) is 0 Å². The highest BCUT2D eigenvalue weighted by atomic mass is 32.2. The van der Waals surface area contributed by atoms with Crippen molar-refractivity contribution in [2.24, 2.45) is 0 Å². The minimum Gasteiger partial charge on any atom is -0.310 e. The van der Waals surface area contributed by atoms with E-state index in [-0.39, 0.29) is 0 Å². The first kappa shape index (κ1) is 12.6. The van der Waals surface area contributed by atoms with Crippen molar-refractivity contribution in [1.29, 1.82) is 0 Å². The van der Waals surface area contributed by atoms with E-state index in [2.05, 4.69) is 50.4 Å². The highest BCUT2D eigenvalue weighted by molar-refractivity contribution is 7.99. The van der Waals surface area contributed by atoms with Gasteiger partial charge in [0.15, 0.2) is 0 Å². The molecule has 1 aromatic carbocycles. The average molecular weight is 223 g/mol. The maximum Gasteiger partial charge on any atom is 0.0302 e. The summed E-state index contributed by atoms with van der Waals surface area (Å²) in [6.45, 7) is 7.63. The van der Waals surface area contributed by atoms with Crippen LogP contribution in [-0.2, 0) is 0 Å². The molecule has 0 saturated heterocycles. The van der Waals surface area contributed by atoms with Crippen molar-refractivity contribution >= 4 is 11.8 Å². The molecule has 2 heteroatoms. The lowest BCUT2D eigenvalue weighted by Gasteiger charge is -2.16. The van der Waals surface area contributed by atoms with Crippen molar-refractivity contribution in [2.75, 3.05) is 12.3 Å². The zero-order valence-electron chi connectivity index (χ0n) is 9.92. The normalized spacial score (nSPS) is 12.7. The Morgan fingerprint density at radius 3 is 2.67 bits per heavy atom. The first-order valence-corrected chi connectivity index (χ1v) is 6.73. The Bertz CT molecular complexity index is 286. The Balaban J connectivity index is 2.75. The van der Waals surface area contributed by atoms with Crippen molar-refractivity contribution in [3.63, 3.8) is 0 Å². The molecular weight excluding hydrogens is 202 g/mol. The van der Waals surface area contributed by atoms with Crippen LogP contribution in [-0.4, -0.2) is 12.3 Å². The summed E-state index contributed by atoms with van der Waals surface area (Å²) in [6.07, 6.45) is 1.23. The van der Waals surface area contributed by atoms with Gasteiger partial charge in [0.1, 0.15) is 0 Å². The highest BCUT2D eigenvalue weighted by Crippen LogP contribution is 2.27. The minimum absolute atomic E-state index is 0.454. The third kappa shape index (κ3) is 3.88. The zero-order valence-corrected chi connectivity index (χ0v) is 10.7. The first-order valence-electron chi connectivity index (χ1n) is 5.74. The standard InChI is InChI=1S/C13H21NS/c1-4-10-15-13-9-7-6-8-12(13)11(3)14-5-2/h6-9,11,14H,4-5,10H2,1-3H3. The second-order valence-corrected chi connectivity index (χ2v) is 4.80. The third-order valence-corrected chi connectivity index (χ3v) is 3.65. The Labute approximate surface area is 97.7 Å². The SMILES string of the molecule is CCCSc1ccccc1C(C)NCC. The largest absolute Gasteiger partial charge is 0.310 e. The Morgan fingerprint density at radius 2 is 2.00 bits per heavy atom. The molecule has 0 aliphatic carbocycles. The summed E-state index contributed by atoms with van der Waals surface area (Å²) in [5, 5.41) is 3.47. The lowest BCUT2D eigenvalue weighted by atomic mass is 10.1. The molecular formula is C13H21NS. The predicted octanol–water partition coefficient (Wildman–Crippen LogP) is 3.86. The van der Waals surface area contributed by atoms with E-state index >= 15 is 0 Å². The van der Waals surface area contributed by atoms with Crippen molar-refractivity contribution in [1.82, 2.24) is 5.32 Å². The summed E-state index contributed by atoms with van der Waals surface area (Å²) in [5.74, 6) is 1.20. The molecule has 0 saturated carbocycles. The molecule has 0 aliphatic rings. The van der Waals surface area contributed by atoms with E-state index in [1.807, 2.05) is 11.8 Å². The molecule has 84 valence electrons. The van der Waals surface area contributed by atoms with Crippen molar-refractivity contribution < 1.29 is 0 Å². The minimum atomic E-state index is 0.454. The van der Waals surface area contributed by atoms with Crippen LogP contribution in [0.2, 0.25) is 0 Å². The number of rotatable bonds is 6. The van der Waals surface area contributed by atoms with Gasteiger partial charge in [0.2, 0.25) is 0 Å². The maximum atomic E-state index is 3.47. The second kappa shape index (κ2) is 6.91. The van der Waals surface area contributed by atoms with E-state index in [4.69, 9.17) is 0 Å². The van der Waals surface area contributed by atoms with Crippen LogP contribution in [0.15, 0.2) is 29.2 Å². The topological polar surface area (TPSA) is 12.0 Å². The Morgan fingerprint density at radius 1 is 1.27 bits per heavy atom. The molecule has 0 heterocycles. The lowest BCUT2D eigenvalue weighted by Crippen LogP contribution is -2.18. The molecule has 0 radical (unpaired) electrons. The van der Waals surface area contributed by atoms with Crippen LogP contribution in [0.3, 0.4) is 0 Å². The number of benzene rings is 1. The molecule has 1 nitrogen and oxygen atoms in total. The van der Waals surface area contributed by atoms with Gasteiger partial charge in [-0.25, -0.2) is 0 Å². The summed E-state index contributed by atoms with van der Waals surface area (Å²) < 4.78 is 0. The average Bonchev–Trinajstić information content (AvgIpc) is 2.27. The van der Waals surface area contributed by atoms with E-state index in [0.29, 0.717) is 6.04 Å². The van der Waals surface area contributed by atoms with Crippen LogP contribution in [0.1, 0.15) is 38.8 Å². The summed E-state index contributed by atoms with van der Waals surface area (Å²) in [4.78, 5) is 1.42. The van der Waals surface area contributed by atoms with Gasteiger partial charge in [0, 0.05) is 10.9 Å². The fourth-order valence-corrected chi connectivity index (χ4v) is 2.61. The van der Waals surface area contributed by atoms with Gasteiger partial charge >= 0.3 is 0 Å². The molecule has 1 unspecified atom stereocenters. The van der Waals surface area contributed by atoms with Crippen LogP contribution in [0, 0.1) is 0 Å². The van der Waals surface area contributed by atoms with Gasteiger partial charge in [-0.1, -0.05) is 32.0 Å². The summed E-state index contributed by atoms with van der Waals surface area (Å²) in [6, 6.07) is 9.16. The second-order valence-electron chi connectivity index (χ2n) is 3.67. The zero-order chi connectivity index (χ0) is 11.1. The van der Waals surface area contributed by atoms with Gasteiger partial charge < -0.3 is 5.32 Å². The van der Waals surface area contributed by atoms with E-state index in [9.17, 15) is 0 Å². The van der Waals surface area contributed by atoms with Gasteiger partial charge in [0.05, 0.1) is 0 Å². The molecule has 15 heavy (non-hydrogen) atoms. The van der Waals surface area contributed by atoms with Crippen LogP contribution in [0.25, 0.3) is 0 Å². The predicted molar refractivity (Wildman–Crippen MR) is 69.5 cm³/mol. The molecule has 0 spiro atoms. The van der Waals surface area contributed by atoms with Crippen LogP contribution in [0.5, 0.6) is 0 Å². The van der Waals surface area contributed by atoms with Crippen LogP contribution >= 0.6 is 11.8 Å². The molecule has 1 atom stereocenters. The molecule has 0 aromatic heterocycles. The van der Waals surface area contributed by atoms with Crippen molar-refractivity contribution in [3.05, 3.63) is 29.8 Å². The fourth-order valence-electron chi connectivity index (χ4n) is 1.60. The van der Waals surface area contributed by atoms with Gasteiger partial charge in [-0.3, -0.25) is 0 Å². The Kier molecular flexibility index (Phi) is 5.81. The molecule has 1 N–H and O–H groups in total. The highest BCUT2D eigenvalue weighted by Gasteiger charge is 2.08. The lowest BCUT2D eigenvalue weighted by molar-refractivity contribution is 0.590. The fraction of sp³-hybridized carbons (Fsp3) is 0.538. The van der Waals surface area contributed by atoms with Crippen LogP contribution < -0.4 is 5.32 Å². The first-order chi connectivity index (χ1) is 7.29. The van der Waals surface area contributed by atoms with E-state index < -0.39 is 0 Å². The quantitative estimate of drug-likeness (QED) is 0.735. The number of hydrogen-bond acceptors (Lipinski definition) is 2. The van der Waals surface area contributed by atoms with E-state index in [1.54, 1.807) is 0 Å². The number of nitrogens with one attached hydrogen (secondary N) is 1. The van der Waals surface area contributed by atoms with E-state index in [1.165, 1.54) is 22.6 Å². The van der Waals surface area contributed by atoms with Crippen LogP contribution in [0.4, 0.5) is 0 Å². The van der Waals surface area contributed by atoms with Gasteiger partial charge in [-0.2, -0.15) is 0 Å². The third-order valence-electron chi connectivity index (χ3n) is 2.36. The smallest absolute Gasteiger partial charge is 0.0302 e. The molecule has 1 aromatic rings. The number of hydrogen-bond donors (Lipinski definition) is 1. The Hall–Kier alpha value is -0.470. The van der Waals surface area contributed by atoms with E-state index in [0.717, 1.165) is 6.54 Å². The molecule has 0 amide bonds. The maximum absolute atomic E-state index is 3.47. The monoisotopic (exact) mass is 223 g/mol. The summed E-state index contributed by atoms with van der Waals surface area (Å²) in [7, 11) is 0. The van der Waals surface area contributed by atoms with Gasteiger partial charge in [-0.15, -0.1) is 11.8 Å².